The zero-order valence-electron chi connectivity index (χ0n) is 12.4. The summed E-state index contributed by atoms with van der Waals surface area (Å²) in [7, 11) is 0. The highest BCUT2D eigenvalue weighted by Gasteiger charge is 2.23. The Morgan fingerprint density at radius 2 is 1.88 bits per heavy atom. The van der Waals surface area contributed by atoms with Crippen molar-refractivity contribution in [3.05, 3.63) is 87.9 Å². The Morgan fingerprint density at radius 1 is 1.08 bits per heavy atom. The van der Waals surface area contributed by atoms with Crippen molar-refractivity contribution in [2.45, 2.75) is 6.61 Å². The Hall–Kier alpha value is -3.41. The van der Waals surface area contributed by atoms with Crippen LogP contribution in [0.2, 0.25) is 0 Å². The van der Waals surface area contributed by atoms with Crippen LogP contribution in [-0.2, 0) is 6.61 Å². The molecule has 0 saturated heterocycles. The zero-order chi connectivity index (χ0) is 16.9. The Balaban J connectivity index is 1.90. The van der Waals surface area contributed by atoms with E-state index in [9.17, 15) is 14.4 Å². The maximum absolute atomic E-state index is 12.4. The fraction of sp³-hybridized carbons (Fsp3) is 0.0556. The van der Waals surface area contributed by atoms with Crippen molar-refractivity contribution < 1.29 is 23.2 Å². The van der Waals surface area contributed by atoms with Gasteiger partial charge in [-0.25, -0.2) is 0 Å². The lowest BCUT2D eigenvalue weighted by molar-refractivity contribution is 0.0969. The maximum atomic E-state index is 12.4. The minimum atomic E-state index is -0.677. The molecular formula is C18H12O6. The van der Waals surface area contributed by atoms with Crippen LogP contribution in [0.15, 0.2) is 68.4 Å². The number of hydrogen-bond donors (Lipinski definition) is 0. The van der Waals surface area contributed by atoms with Crippen LogP contribution in [0.3, 0.4) is 0 Å². The summed E-state index contributed by atoms with van der Waals surface area (Å²) in [6.45, 7) is 0.105. The van der Waals surface area contributed by atoms with Crippen LogP contribution in [0.5, 0.6) is 5.75 Å². The van der Waals surface area contributed by atoms with E-state index in [2.05, 4.69) is 0 Å². The van der Waals surface area contributed by atoms with Gasteiger partial charge in [-0.3, -0.25) is 14.4 Å². The van der Waals surface area contributed by atoms with Crippen LogP contribution in [-0.4, -0.2) is 12.1 Å². The predicted octanol–water partition coefficient (Wildman–Crippen LogP) is 2.86. The molecule has 3 rings (SSSR count). The summed E-state index contributed by atoms with van der Waals surface area (Å²) in [5, 5.41) is 0. The summed E-state index contributed by atoms with van der Waals surface area (Å²) in [4.78, 5) is 35.1. The van der Waals surface area contributed by atoms with E-state index in [-0.39, 0.29) is 29.6 Å². The average Bonchev–Trinajstić information content (AvgIpc) is 3.10. The standard InChI is InChI=1S/C18H12O6/c19-10-13-6-7-15(24-13)16(21)18-17(14(20)8-9-22-18)23-11-12-4-2-1-3-5-12/h1-10H,11H2. The molecule has 2 heterocycles. The number of rotatable bonds is 6. The number of hydrogen-bond acceptors (Lipinski definition) is 6. The van der Waals surface area contributed by atoms with Gasteiger partial charge in [0.2, 0.25) is 16.9 Å². The van der Waals surface area contributed by atoms with E-state index in [0.29, 0.717) is 6.29 Å². The van der Waals surface area contributed by atoms with Crippen molar-refractivity contribution >= 4 is 12.1 Å². The quantitative estimate of drug-likeness (QED) is 0.512. The van der Waals surface area contributed by atoms with Gasteiger partial charge in [-0.1, -0.05) is 30.3 Å². The molecule has 0 amide bonds. The molecule has 2 aromatic heterocycles. The second kappa shape index (κ2) is 6.78. The summed E-state index contributed by atoms with van der Waals surface area (Å²) >= 11 is 0. The Bertz CT molecular complexity index is 920. The fourth-order valence-corrected chi connectivity index (χ4v) is 2.08. The second-order valence-corrected chi connectivity index (χ2v) is 4.87. The average molecular weight is 324 g/mol. The van der Waals surface area contributed by atoms with Gasteiger partial charge in [-0.2, -0.15) is 0 Å². The molecule has 120 valence electrons. The predicted molar refractivity (Wildman–Crippen MR) is 83.3 cm³/mol. The van der Waals surface area contributed by atoms with Gasteiger partial charge in [0.25, 0.3) is 5.78 Å². The van der Waals surface area contributed by atoms with Crippen LogP contribution in [0, 0.1) is 0 Å². The summed E-state index contributed by atoms with van der Waals surface area (Å²) < 4.78 is 15.7. The fourth-order valence-electron chi connectivity index (χ4n) is 2.08. The molecule has 24 heavy (non-hydrogen) atoms. The first-order valence-electron chi connectivity index (χ1n) is 7.07. The van der Waals surface area contributed by atoms with E-state index in [0.717, 1.165) is 17.9 Å². The number of ether oxygens (including phenoxy) is 1. The van der Waals surface area contributed by atoms with Crippen LogP contribution in [0.1, 0.15) is 32.4 Å². The number of furan rings is 1. The van der Waals surface area contributed by atoms with Gasteiger partial charge < -0.3 is 13.6 Å². The molecule has 0 N–H and O–H groups in total. The first-order chi connectivity index (χ1) is 11.7. The maximum Gasteiger partial charge on any atom is 0.267 e. The van der Waals surface area contributed by atoms with Gasteiger partial charge >= 0.3 is 0 Å². The van der Waals surface area contributed by atoms with Crippen molar-refractivity contribution in [2.24, 2.45) is 0 Å². The number of ketones is 1. The normalized spacial score (nSPS) is 10.3. The summed E-state index contributed by atoms with van der Waals surface area (Å²) in [5.41, 5.74) is 0.350. The Morgan fingerprint density at radius 3 is 2.58 bits per heavy atom. The molecule has 0 aliphatic rings. The molecule has 0 bridgehead atoms. The van der Waals surface area contributed by atoms with Crippen molar-refractivity contribution in [1.82, 2.24) is 0 Å². The lowest BCUT2D eigenvalue weighted by atomic mass is 10.2. The summed E-state index contributed by atoms with van der Waals surface area (Å²) in [6, 6.07) is 13.0. The first-order valence-corrected chi connectivity index (χ1v) is 7.07. The number of aldehydes is 1. The van der Waals surface area contributed by atoms with Gasteiger partial charge in [0.1, 0.15) is 6.61 Å². The SMILES string of the molecule is O=Cc1ccc(C(=O)c2occc(=O)c2OCc2ccccc2)o1. The van der Waals surface area contributed by atoms with Crippen LogP contribution >= 0.6 is 0 Å². The minimum Gasteiger partial charge on any atom is -0.481 e. The molecule has 0 radical (unpaired) electrons. The molecule has 0 saturated carbocycles. The molecule has 0 aliphatic carbocycles. The highest BCUT2D eigenvalue weighted by Crippen LogP contribution is 2.20. The minimum absolute atomic E-state index is 0.00313. The molecule has 3 aromatic rings. The zero-order valence-corrected chi connectivity index (χ0v) is 12.4. The third-order valence-corrected chi connectivity index (χ3v) is 3.23. The lowest BCUT2D eigenvalue weighted by Crippen LogP contribution is -2.13. The van der Waals surface area contributed by atoms with Crippen molar-refractivity contribution in [1.29, 1.82) is 0 Å². The molecular weight excluding hydrogens is 312 g/mol. The summed E-state index contributed by atoms with van der Waals surface area (Å²) in [5.74, 6) is -1.26. The molecule has 0 unspecified atom stereocenters. The van der Waals surface area contributed by atoms with Gasteiger partial charge in [0.05, 0.1) is 6.26 Å². The van der Waals surface area contributed by atoms with Gasteiger partial charge in [-0.05, 0) is 17.7 Å². The van der Waals surface area contributed by atoms with Crippen LogP contribution < -0.4 is 10.2 Å². The lowest BCUT2D eigenvalue weighted by Gasteiger charge is -2.08. The molecule has 6 heteroatoms. The molecule has 6 nitrogen and oxygen atoms in total. The topological polar surface area (TPSA) is 86.7 Å². The smallest absolute Gasteiger partial charge is 0.267 e. The largest absolute Gasteiger partial charge is 0.481 e. The monoisotopic (exact) mass is 324 g/mol. The molecule has 1 aromatic carbocycles. The van der Waals surface area contributed by atoms with Gasteiger partial charge in [0, 0.05) is 6.07 Å². The highest BCUT2D eigenvalue weighted by molar-refractivity contribution is 6.07. The van der Waals surface area contributed by atoms with E-state index >= 15 is 0 Å². The molecule has 0 fully saturated rings. The third-order valence-electron chi connectivity index (χ3n) is 3.23. The van der Waals surface area contributed by atoms with Crippen LogP contribution in [0.4, 0.5) is 0 Å². The number of carbonyl (C=O) groups excluding carboxylic acids is 2. The third kappa shape index (κ3) is 3.17. The van der Waals surface area contributed by atoms with Gasteiger partial charge in [0.15, 0.2) is 17.8 Å². The van der Waals surface area contributed by atoms with Crippen molar-refractivity contribution in [3.8, 4) is 5.75 Å². The van der Waals surface area contributed by atoms with Crippen molar-refractivity contribution in [2.75, 3.05) is 0 Å². The highest BCUT2D eigenvalue weighted by atomic mass is 16.5. The van der Waals surface area contributed by atoms with E-state index < -0.39 is 11.2 Å². The van der Waals surface area contributed by atoms with Gasteiger partial charge in [-0.15, -0.1) is 0 Å². The Kier molecular flexibility index (Phi) is 4.38. The second-order valence-electron chi connectivity index (χ2n) is 4.87. The number of benzene rings is 1. The number of carbonyl (C=O) groups is 2. The van der Waals surface area contributed by atoms with E-state index in [1.54, 1.807) is 0 Å². The first kappa shape index (κ1) is 15.5. The molecule has 0 aliphatic heterocycles. The van der Waals surface area contributed by atoms with E-state index in [4.69, 9.17) is 13.6 Å². The molecule has 0 spiro atoms. The van der Waals surface area contributed by atoms with Crippen LogP contribution in [0.25, 0.3) is 0 Å². The molecule has 0 atom stereocenters. The van der Waals surface area contributed by atoms with E-state index in [1.165, 1.54) is 12.1 Å². The summed E-state index contributed by atoms with van der Waals surface area (Å²) in [6.07, 6.45) is 1.58. The van der Waals surface area contributed by atoms with Crippen molar-refractivity contribution in [3.63, 3.8) is 0 Å². The van der Waals surface area contributed by atoms with E-state index in [1.807, 2.05) is 30.3 Å². The Labute approximate surface area is 136 Å².